The van der Waals surface area contributed by atoms with Crippen LogP contribution in [0.15, 0.2) is 30.5 Å². The van der Waals surface area contributed by atoms with E-state index < -0.39 is 0 Å². The van der Waals surface area contributed by atoms with Crippen molar-refractivity contribution in [1.82, 2.24) is 9.97 Å². The van der Waals surface area contributed by atoms with E-state index in [1.807, 2.05) is 33.0 Å². The fourth-order valence-corrected chi connectivity index (χ4v) is 1.62. The van der Waals surface area contributed by atoms with Crippen LogP contribution in [0.2, 0.25) is 0 Å². The fraction of sp³-hybridized carbons (Fsp3) is 0.231. The van der Waals surface area contributed by atoms with Crippen LogP contribution in [0.25, 0.3) is 11.3 Å². The van der Waals surface area contributed by atoms with Gasteiger partial charge in [-0.25, -0.2) is 0 Å². The number of aromatic nitrogens is 2. The van der Waals surface area contributed by atoms with Gasteiger partial charge in [0.2, 0.25) is 0 Å². The first-order chi connectivity index (χ1) is 7.15. The molecule has 0 amide bonds. The van der Waals surface area contributed by atoms with Crippen LogP contribution in [0.4, 0.5) is 0 Å². The third kappa shape index (κ3) is 2.21. The second-order valence-corrected chi connectivity index (χ2v) is 3.86. The lowest BCUT2D eigenvalue weighted by molar-refractivity contribution is 1.12. The first-order valence-corrected chi connectivity index (χ1v) is 5.03. The molecule has 0 radical (unpaired) electrons. The Morgan fingerprint density at radius 3 is 2.13 bits per heavy atom. The molecule has 0 saturated carbocycles. The van der Waals surface area contributed by atoms with E-state index in [-0.39, 0.29) is 0 Å². The Labute approximate surface area is 90.0 Å². The van der Waals surface area contributed by atoms with Gasteiger partial charge < -0.3 is 0 Å². The van der Waals surface area contributed by atoms with Crippen LogP contribution in [0.3, 0.4) is 0 Å². The van der Waals surface area contributed by atoms with Gasteiger partial charge in [0.25, 0.3) is 0 Å². The van der Waals surface area contributed by atoms with Crippen LogP contribution in [-0.4, -0.2) is 9.97 Å². The zero-order valence-corrected chi connectivity index (χ0v) is 9.28. The molecule has 0 unspecified atom stereocenters. The summed E-state index contributed by atoms with van der Waals surface area (Å²) in [6.45, 7) is 6.05. The third-order valence-electron chi connectivity index (χ3n) is 2.29. The van der Waals surface area contributed by atoms with E-state index in [2.05, 4.69) is 28.2 Å². The summed E-state index contributed by atoms with van der Waals surface area (Å²) in [5.41, 5.74) is 5.40. The Kier molecular flexibility index (Phi) is 2.50. The molecule has 76 valence electrons. The molecule has 0 aliphatic carbocycles. The van der Waals surface area contributed by atoms with E-state index in [1.165, 1.54) is 5.56 Å². The molecular formula is C13H14N2. The predicted molar refractivity (Wildman–Crippen MR) is 61.7 cm³/mol. The highest BCUT2D eigenvalue weighted by Crippen LogP contribution is 2.18. The molecular weight excluding hydrogens is 184 g/mol. The Balaban J connectivity index is 2.49. The Morgan fingerprint density at radius 1 is 0.933 bits per heavy atom. The van der Waals surface area contributed by atoms with Gasteiger partial charge in [-0.3, -0.25) is 9.97 Å². The summed E-state index contributed by atoms with van der Waals surface area (Å²) < 4.78 is 0. The minimum absolute atomic E-state index is 1.01. The topological polar surface area (TPSA) is 25.8 Å². The smallest absolute Gasteiger partial charge is 0.0703 e. The standard InChI is InChI=1S/C13H14N2/c1-9-4-5-13(14-8-9)12-6-10(2)15-11(3)7-12/h4-8H,1-3H3. The molecule has 0 N–H and O–H groups in total. The summed E-state index contributed by atoms with van der Waals surface area (Å²) in [6, 6.07) is 8.24. The van der Waals surface area contributed by atoms with E-state index >= 15 is 0 Å². The van der Waals surface area contributed by atoms with Gasteiger partial charge >= 0.3 is 0 Å². The average molecular weight is 198 g/mol. The van der Waals surface area contributed by atoms with Crippen molar-refractivity contribution in [1.29, 1.82) is 0 Å². The van der Waals surface area contributed by atoms with Gasteiger partial charge in [-0.2, -0.15) is 0 Å². The summed E-state index contributed by atoms with van der Waals surface area (Å²) in [5.74, 6) is 0. The van der Waals surface area contributed by atoms with Crippen molar-refractivity contribution in [3.05, 3.63) is 47.4 Å². The van der Waals surface area contributed by atoms with Crippen LogP contribution in [-0.2, 0) is 0 Å². The molecule has 2 heterocycles. The number of hydrogen-bond donors (Lipinski definition) is 0. The van der Waals surface area contributed by atoms with Crippen LogP contribution < -0.4 is 0 Å². The summed E-state index contributed by atoms with van der Waals surface area (Å²) in [7, 11) is 0. The first kappa shape index (κ1) is 9.84. The lowest BCUT2D eigenvalue weighted by atomic mass is 10.1. The normalized spacial score (nSPS) is 10.3. The lowest BCUT2D eigenvalue weighted by Crippen LogP contribution is -1.90. The van der Waals surface area contributed by atoms with E-state index in [0.717, 1.165) is 22.6 Å². The quantitative estimate of drug-likeness (QED) is 0.703. The molecule has 0 aromatic carbocycles. The average Bonchev–Trinajstić information content (AvgIpc) is 2.17. The maximum absolute atomic E-state index is 4.40. The van der Waals surface area contributed by atoms with Gasteiger partial charge in [-0.1, -0.05) is 6.07 Å². The van der Waals surface area contributed by atoms with E-state index in [9.17, 15) is 0 Å². The molecule has 2 heteroatoms. The Hall–Kier alpha value is -1.70. The van der Waals surface area contributed by atoms with Crippen molar-refractivity contribution in [2.24, 2.45) is 0 Å². The SMILES string of the molecule is Cc1ccc(-c2cc(C)nc(C)c2)nc1. The van der Waals surface area contributed by atoms with E-state index in [1.54, 1.807) is 0 Å². The predicted octanol–water partition coefficient (Wildman–Crippen LogP) is 3.07. The number of nitrogens with zero attached hydrogens (tertiary/aromatic N) is 2. The molecule has 0 atom stereocenters. The summed E-state index contributed by atoms with van der Waals surface area (Å²) in [5, 5.41) is 0. The zero-order chi connectivity index (χ0) is 10.8. The molecule has 2 aromatic heterocycles. The van der Waals surface area contributed by atoms with Gasteiger partial charge in [0.15, 0.2) is 0 Å². The molecule has 15 heavy (non-hydrogen) atoms. The largest absolute Gasteiger partial charge is 0.258 e. The van der Waals surface area contributed by atoms with Crippen LogP contribution in [0, 0.1) is 20.8 Å². The van der Waals surface area contributed by atoms with Gasteiger partial charge in [0.1, 0.15) is 0 Å². The molecule has 0 aliphatic rings. The van der Waals surface area contributed by atoms with Gasteiger partial charge in [0.05, 0.1) is 5.69 Å². The maximum atomic E-state index is 4.40. The van der Waals surface area contributed by atoms with Gasteiger partial charge in [0, 0.05) is 23.1 Å². The second-order valence-electron chi connectivity index (χ2n) is 3.86. The first-order valence-electron chi connectivity index (χ1n) is 5.03. The highest BCUT2D eigenvalue weighted by atomic mass is 14.7. The number of rotatable bonds is 1. The molecule has 0 spiro atoms. The molecule has 0 bridgehead atoms. The molecule has 2 rings (SSSR count). The highest BCUT2D eigenvalue weighted by molar-refractivity contribution is 5.59. The lowest BCUT2D eigenvalue weighted by Gasteiger charge is -2.03. The van der Waals surface area contributed by atoms with E-state index in [4.69, 9.17) is 0 Å². The van der Waals surface area contributed by atoms with Gasteiger partial charge in [-0.15, -0.1) is 0 Å². The van der Waals surface area contributed by atoms with Crippen molar-refractivity contribution >= 4 is 0 Å². The van der Waals surface area contributed by atoms with Crippen molar-refractivity contribution in [3.63, 3.8) is 0 Å². The number of hydrogen-bond acceptors (Lipinski definition) is 2. The summed E-state index contributed by atoms with van der Waals surface area (Å²) in [6.07, 6.45) is 1.89. The van der Waals surface area contributed by atoms with Crippen molar-refractivity contribution in [2.45, 2.75) is 20.8 Å². The fourth-order valence-electron chi connectivity index (χ4n) is 1.62. The van der Waals surface area contributed by atoms with Crippen LogP contribution in [0.5, 0.6) is 0 Å². The molecule has 0 fully saturated rings. The maximum Gasteiger partial charge on any atom is 0.0703 e. The number of pyridine rings is 2. The second kappa shape index (κ2) is 3.81. The molecule has 2 nitrogen and oxygen atoms in total. The van der Waals surface area contributed by atoms with Crippen molar-refractivity contribution in [3.8, 4) is 11.3 Å². The van der Waals surface area contributed by atoms with Crippen molar-refractivity contribution < 1.29 is 0 Å². The number of aryl methyl sites for hydroxylation is 3. The highest BCUT2D eigenvalue weighted by Gasteiger charge is 2.01. The molecule has 0 saturated heterocycles. The zero-order valence-electron chi connectivity index (χ0n) is 9.28. The monoisotopic (exact) mass is 198 g/mol. The summed E-state index contributed by atoms with van der Waals surface area (Å²) >= 11 is 0. The minimum Gasteiger partial charge on any atom is -0.258 e. The van der Waals surface area contributed by atoms with E-state index in [0.29, 0.717) is 0 Å². The Bertz CT molecular complexity index is 452. The van der Waals surface area contributed by atoms with Crippen molar-refractivity contribution in [2.75, 3.05) is 0 Å². The van der Waals surface area contributed by atoms with Crippen LogP contribution in [0.1, 0.15) is 17.0 Å². The summed E-state index contributed by atoms with van der Waals surface area (Å²) in [4.78, 5) is 8.75. The van der Waals surface area contributed by atoms with Crippen LogP contribution >= 0.6 is 0 Å². The molecule has 0 aliphatic heterocycles. The minimum atomic E-state index is 1.01. The molecule has 2 aromatic rings. The third-order valence-corrected chi connectivity index (χ3v) is 2.29. The van der Waals surface area contributed by atoms with Gasteiger partial charge in [-0.05, 0) is 44.5 Å². The Morgan fingerprint density at radius 2 is 1.60 bits per heavy atom.